The Morgan fingerprint density at radius 3 is 2.24 bits per heavy atom. The summed E-state index contributed by atoms with van der Waals surface area (Å²) in [6.45, 7) is 4.80. The topological polar surface area (TPSA) is 91.3 Å². The fourth-order valence-electron chi connectivity index (χ4n) is 2.11. The third kappa shape index (κ3) is 5.97. The van der Waals surface area contributed by atoms with Crippen LogP contribution in [0.1, 0.15) is 24.5 Å². The molecule has 0 fully saturated rings. The van der Waals surface area contributed by atoms with Gasteiger partial charge in [-0.05, 0) is 37.1 Å². The molecule has 0 saturated heterocycles. The van der Waals surface area contributed by atoms with Crippen LogP contribution in [0.5, 0.6) is 5.75 Å². The molecule has 0 saturated carbocycles. The van der Waals surface area contributed by atoms with Crippen LogP contribution in [0.25, 0.3) is 0 Å². The monoisotopic (exact) mass is 374 g/mol. The second kappa shape index (κ2) is 9.72. The summed E-state index contributed by atoms with van der Waals surface area (Å²) in [6, 6.07) is 3.24. The number of benzene rings is 1. The first kappa shape index (κ1) is 21.4. The van der Waals surface area contributed by atoms with Crippen molar-refractivity contribution < 1.29 is 33.6 Å². The molecule has 1 N–H and O–H groups in total. The summed E-state index contributed by atoms with van der Waals surface area (Å²) in [5.74, 6) is -3.68. The first-order valence-corrected chi connectivity index (χ1v) is 8.11. The van der Waals surface area contributed by atoms with Gasteiger partial charge < -0.3 is 24.1 Å². The van der Waals surface area contributed by atoms with E-state index in [0.717, 1.165) is 11.1 Å². The normalized spacial score (nSPS) is 13.3. The molecule has 1 aromatic rings. The standard InChI is InChI=1S/C17H23ClO7/c1-5-17(16(20)21,23-7-6-22-4)24-10-14(19)25-13-8-11(2)15(18)12(3)9-13/h8-9H,5-7,10H2,1-4H3,(H,20,21)/t17-/m0/s1. The van der Waals surface area contributed by atoms with Crippen molar-refractivity contribution in [3.8, 4) is 5.75 Å². The Bertz CT molecular complexity index is 594. The van der Waals surface area contributed by atoms with Gasteiger partial charge in [0, 0.05) is 18.6 Å². The molecule has 0 amide bonds. The van der Waals surface area contributed by atoms with Gasteiger partial charge in [-0.2, -0.15) is 0 Å². The molecule has 0 radical (unpaired) electrons. The maximum atomic E-state index is 12.0. The molecule has 25 heavy (non-hydrogen) atoms. The predicted molar refractivity (Wildman–Crippen MR) is 91.0 cm³/mol. The molecule has 0 aliphatic carbocycles. The number of aliphatic carboxylic acids is 1. The third-order valence-corrected chi connectivity index (χ3v) is 4.07. The lowest BCUT2D eigenvalue weighted by Gasteiger charge is -2.27. The Morgan fingerprint density at radius 1 is 1.16 bits per heavy atom. The van der Waals surface area contributed by atoms with Gasteiger partial charge in [-0.15, -0.1) is 0 Å². The van der Waals surface area contributed by atoms with Crippen molar-refractivity contribution in [2.24, 2.45) is 0 Å². The molecular formula is C17H23ClO7. The van der Waals surface area contributed by atoms with Gasteiger partial charge >= 0.3 is 11.9 Å². The Kier molecular flexibility index (Phi) is 8.31. The zero-order chi connectivity index (χ0) is 19.0. The summed E-state index contributed by atoms with van der Waals surface area (Å²) >= 11 is 6.06. The number of ether oxygens (including phenoxy) is 4. The lowest BCUT2D eigenvalue weighted by Crippen LogP contribution is -2.46. The smallest absolute Gasteiger partial charge is 0.364 e. The summed E-state index contributed by atoms with van der Waals surface area (Å²) in [7, 11) is 1.46. The van der Waals surface area contributed by atoms with Crippen LogP contribution in [-0.2, 0) is 23.8 Å². The Balaban J connectivity index is 2.72. The van der Waals surface area contributed by atoms with E-state index in [1.54, 1.807) is 32.9 Å². The summed E-state index contributed by atoms with van der Waals surface area (Å²) in [4.78, 5) is 23.5. The number of methoxy groups -OCH3 is 1. The van der Waals surface area contributed by atoms with Gasteiger partial charge in [0.25, 0.3) is 5.79 Å². The summed E-state index contributed by atoms with van der Waals surface area (Å²) in [6.07, 6.45) is 0.0124. The average Bonchev–Trinajstić information content (AvgIpc) is 2.55. The van der Waals surface area contributed by atoms with Gasteiger partial charge in [0.05, 0.1) is 13.2 Å². The fourth-order valence-corrected chi connectivity index (χ4v) is 2.22. The van der Waals surface area contributed by atoms with E-state index < -0.39 is 24.3 Å². The molecule has 0 aliphatic rings. The minimum absolute atomic E-state index is 0.0124. The summed E-state index contributed by atoms with van der Waals surface area (Å²) in [5, 5.41) is 9.97. The van der Waals surface area contributed by atoms with E-state index in [2.05, 4.69) is 0 Å². The maximum absolute atomic E-state index is 12.0. The van der Waals surface area contributed by atoms with E-state index in [9.17, 15) is 14.7 Å². The number of carbonyl (C=O) groups is 2. The average molecular weight is 375 g/mol. The van der Waals surface area contributed by atoms with E-state index in [1.807, 2.05) is 0 Å². The zero-order valence-corrected chi connectivity index (χ0v) is 15.5. The Hall–Kier alpha value is -1.67. The zero-order valence-electron chi connectivity index (χ0n) is 14.8. The molecular weight excluding hydrogens is 352 g/mol. The fraction of sp³-hybridized carbons (Fsp3) is 0.529. The Labute approximate surface area is 151 Å². The van der Waals surface area contributed by atoms with E-state index in [0.29, 0.717) is 10.8 Å². The van der Waals surface area contributed by atoms with Gasteiger partial charge in [0.15, 0.2) is 0 Å². The molecule has 8 heteroatoms. The van der Waals surface area contributed by atoms with Crippen LogP contribution in [0.2, 0.25) is 5.02 Å². The number of hydrogen-bond acceptors (Lipinski definition) is 6. The van der Waals surface area contributed by atoms with Gasteiger partial charge in [-0.25, -0.2) is 9.59 Å². The second-order valence-corrected chi connectivity index (χ2v) is 5.76. The number of carboxylic acids is 1. The van der Waals surface area contributed by atoms with Gasteiger partial charge in [0.2, 0.25) is 0 Å². The Morgan fingerprint density at radius 2 is 1.76 bits per heavy atom. The van der Waals surface area contributed by atoms with Crippen LogP contribution < -0.4 is 4.74 Å². The van der Waals surface area contributed by atoms with Crippen molar-refractivity contribution in [2.75, 3.05) is 26.9 Å². The third-order valence-electron chi connectivity index (χ3n) is 3.48. The minimum atomic E-state index is -1.93. The summed E-state index contributed by atoms with van der Waals surface area (Å²) < 4.78 is 20.5. The molecule has 7 nitrogen and oxygen atoms in total. The summed E-state index contributed by atoms with van der Waals surface area (Å²) in [5.41, 5.74) is 1.53. The lowest BCUT2D eigenvalue weighted by atomic mass is 10.1. The quantitative estimate of drug-likeness (QED) is 0.291. The van der Waals surface area contributed by atoms with Crippen LogP contribution in [0.15, 0.2) is 12.1 Å². The molecule has 0 spiro atoms. The van der Waals surface area contributed by atoms with Crippen LogP contribution in [0, 0.1) is 13.8 Å². The molecule has 0 bridgehead atoms. The largest absolute Gasteiger partial charge is 0.477 e. The van der Waals surface area contributed by atoms with E-state index >= 15 is 0 Å². The number of hydrogen-bond donors (Lipinski definition) is 1. The van der Waals surface area contributed by atoms with Gasteiger partial charge in [0.1, 0.15) is 12.4 Å². The highest BCUT2D eigenvalue weighted by Gasteiger charge is 2.40. The molecule has 0 aromatic heterocycles. The minimum Gasteiger partial charge on any atom is -0.477 e. The van der Waals surface area contributed by atoms with Crippen LogP contribution in [0.3, 0.4) is 0 Å². The van der Waals surface area contributed by atoms with Crippen molar-refractivity contribution >= 4 is 23.5 Å². The number of aryl methyl sites for hydroxylation is 2. The van der Waals surface area contributed by atoms with E-state index in [-0.39, 0.29) is 19.6 Å². The number of halogens is 1. The molecule has 1 rings (SSSR count). The second-order valence-electron chi connectivity index (χ2n) is 5.39. The van der Waals surface area contributed by atoms with Crippen molar-refractivity contribution in [3.05, 3.63) is 28.3 Å². The van der Waals surface area contributed by atoms with Crippen molar-refractivity contribution in [3.63, 3.8) is 0 Å². The van der Waals surface area contributed by atoms with Crippen molar-refractivity contribution in [1.82, 2.24) is 0 Å². The van der Waals surface area contributed by atoms with Gasteiger partial charge in [-0.3, -0.25) is 0 Å². The molecule has 1 atom stereocenters. The van der Waals surface area contributed by atoms with E-state index in [1.165, 1.54) is 7.11 Å². The molecule has 0 aliphatic heterocycles. The number of carboxylic acid groups (broad SMARTS) is 1. The molecule has 140 valence electrons. The predicted octanol–water partition coefficient (Wildman–Crippen LogP) is 2.73. The first-order valence-electron chi connectivity index (χ1n) is 7.73. The van der Waals surface area contributed by atoms with Crippen LogP contribution in [-0.4, -0.2) is 49.8 Å². The highest BCUT2D eigenvalue weighted by atomic mass is 35.5. The van der Waals surface area contributed by atoms with Crippen molar-refractivity contribution in [2.45, 2.75) is 33.0 Å². The lowest BCUT2D eigenvalue weighted by molar-refractivity contribution is -0.248. The number of rotatable bonds is 10. The van der Waals surface area contributed by atoms with Crippen LogP contribution in [0.4, 0.5) is 0 Å². The number of esters is 1. The highest BCUT2D eigenvalue weighted by molar-refractivity contribution is 6.32. The van der Waals surface area contributed by atoms with Gasteiger partial charge in [-0.1, -0.05) is 18.5 Å². The number of carbonyl (C=O) groups excluding carboxylic acids is 1. The molecule has 0 heterocycles. The van der Waals surface area contributed by atoms with Crippen LogP contribution >= 0.6 is 11.6 Å². The first-order chi connectivity index (χ1) is 11.8. The molecule has 1 aromatic carbocycles. The van der Waals surface area contributed by atoms with E-state index in [4.69, 9.17) is 30.5 Å². The molecule has 0 unspecified atom stereocenters. The highest BCUT2D eigenvalue weighted by Crippen LogP contribution is 2.26. The maximum Gasteiger partial charge on any atom is 0.364 e. The van der Waals surface area contributed by atoms with Crippen molar-refractivity contribution in [1.29, 1.82) is 0 Å². The SMILES string of the molecule is CC[C@](OCCOC)(OCC(=O)Oc1cc(C)c(Cl)c(C)c1)C(=O)O.